The van der Waals surface area contributed by atoms with E-state index in [-0.39, 0.29) is 11.9 Å². The van der Waals surface area contributed by atoms with Crippen molar-refractivity contribution in [3.8, 4) is 17.1 Å². The number of benzene rings is 1. The largest absolute Gasteiger partial charge is 0.508 e. The first-order valence-electron chi connectivity index (χ1n) is 6.74. The second-order valence-electron chi connectivity index (χ2n) is 5.18. The first-order valence-corrected chi connectivity index (χ1v) is 6.74. The van der Waals surface area contributed by atoms with Crippen LogP contribution in [0.2, 0.25) is 0 Å². The molecule has 1 aliphatic rings. The number of aromatic nitrogens is 2. The molecule has 2 atom stereocenters. The summed E-state index contributed by atoms with van der Waals surface area (Å²) < 4.78 is 2.12. The molecule has 3 rings (SSSR count). The number of aliphatic hydroxyl groups is 1. The minimum Gasteiger partial charge on any atom is -0.508 e. The molecular formula is C15H18N2O2. The number of hydrogen-bond acceptors (Lipinski definition) is 3. The summed E-state index contributed by atoms with van der Waals surface area (Å²) in [4.78, 5) is 4.40. The van der Waals surface area contributed by atoms with E-state index in [0.717, 1.165) is 37.1 Å². The van der Waals surface area contributed by atoms with E-state index in [4.69, 9.17) is 0 Å². The highest BCUT2D eigenvalue weighted by molar-refractivity contribution is 5.58. The molecule has 1 aromatic carbocycles. The van der Waals surface area contributed by atoms with Gasteiger partial charge in [0.2, 0.25) is 0 Å². The lowest BCUT2D eigenvalue weighted by molar-refractivity contribution is 0.104. The van der Waals surface area contributed by atoms with Crippen molar-refractivity contribution < 1.29 is 10.2 Å². The maximum atomic E-state index is 9.81. The van der Waals surface area contributed by atoms with Gasteiger partial charge in [-0.15, -0.1) is 0 Å². The highest BCUT2D eigenvalue weighted by atomic mass is 16.3. The summed E-state index contributed by atoms with van der Waals surface area (Å²) in [7, 11) is 0. The number of aliphatic hydroxyl groups excluding tert-OH is 1. The van der Waals surface area contributed by atoms with Crippen molar-refractivity contribution in [1.29, 1.82) is 0 Å². The lowest BCUT2D eigenvalue weighted by Crippen LogP contribution is -2.22. The third-order valence-corrected chi connectivity index (χ3v) is 3.79. The van der Waals surface area contributed by atoms with Gasteiger partial charge in [0.15, 0.2) is 0 Å². The SMILES string of the molecule is Oc1cccc(-c2nccn2[C@@H]2CCC[C@H](O)C2)c1. The Morgan fingerprint density at radius 3 is 2.95 bits per heavy atom. The van der Waals surface area contributed by atoms with Gasteiger partial charge in [0.1, 0.15) is 11.6 Å². The van der Waals surface area contributed by atoms with Gasteiger partial charge in [-0.1, -0.05) is 12.1 Å². The van der Waals surface area contributed by atoms with E-state index in [1.165, 1.54) is 0 Å². The van der Waals surface area contributed by atoms with E-state index in [1.54, 1.807) is 18.3 Å². The fourth-order valence-electron chi connectivity index (χ4n) is 2.87. The molecule has 1 aromatic heterocycles. The molecule has 0 unspecified atom stereocenters. The van der Waals surface area contributed by atoms with Crippen LogP contribution in [0.1, 0.15) is 31.7 Å². The molecule has 19 heavy (non-hydrogen) atoms. The molecule has 1 heterocycles. The standard InChI is InChI=1S/C15H18N2O2/c18-13-5-1-3-11(9-13)15-16-7-8-17(15)12-4-2-6-14(19)10-12/h1,3,5,7-9,12,14,18-19H,2,4,6,10H2/t12-,14+/m1/s1. The Morgan fingerprint density at radius 1 is 1.26 bits per heavy atom. The number of hydrogen-bond donors (Lipinski definition) is 2. The minimum atomic E-state index is -0.210. The molecule has 0 amide bonds. The average Bonchev–Trinajstić information content (AvgIpc) is 2.88. The van der Waals surface area contributed by atoms with Gasteiger partial charge < -0.3 is 14.8 Å². The second kappa shape index (κ2) is 5.05. The van der Waals surface area contributed by atoms with Crippen molar-refractivity contribution in [1.82, 2.24) is 9.55 Å². The minimum absolute atomic E-state index is 0.210. The Kier molecular flexibility index (Phi) is 3.25. The van der Waals surface area contributed by atoms with E-state index < -0.39 is 0 Å². The second-order valence-corrected chi connectivity index (χ2v) is 5.18. The van der Waals surface area contributed by atoms with Crippen molar-refractivity contribution in [3.05, 3.63) is 36.7 Å². The smallest absolute Gasteiger partial charge is 0.140 e. The fourth-order valence-corrected chi connectivity index (χ4v) is 2.87. The summed E-state index contributed by atoms with van der Waals surface area (Å²) in [5.41, 5.74) is 0.907. The number of rotatable bonds is 2. The maximum Gasteiger partial charge on any atom is 0.140 e. The van der Waals surface area contributed by atoms with Gasteiger partial charge >= 0.3 is 0 Å². The molecule has 2 N–H and O–H groups in total. The van der Waals surface area contributed by atoms with Crippen LogP contribution in [0.15, 0.2) is 36.7 Å². The Morgan fingerprint density at radius 2 is 2.16 bits per heavy atom. The maximum absolute atomic E-state index is 9.81. The Hall–Kier alpha value is -1.81. The summed E-state index contributed by atoms with van der Waals surface area (Å²) in [5, 5.41) is 19.4. The molecule has 2 aromatic rings. The molecule has 1 saturated carbocycles. The van der Waals surface area contributed by atoms with Crippen LogP contribution >= 0.6 is 0 Å². The summed E-state index contributed by atoms with van der Waals surface area (Å²) in [6.07, 6.45) is 7.32. The van der Waals surface area contributed by atoms with Gasteiger partial charge in [-0.2, -0.15) is 0 Å². The molecule has 0 aliphatic heterocycles. The van der Waals surface area contributed by atoms with Gasteiger partial charge in [-0.05, 0) is 37.8 Å². The quantitative estimate of drug-likeness (QED) is 0.870. The van der Waals surface area contributed by atoms with Crippen LogP contribution in [0.3, 0.4) is 0 Å². The molecule has 100 valence electrons. The van der Waals surface area contributed by atoms with Crippen molar-refractivity contribution >= 4 is 0 Å². The van der Waals surface area contributed by atoms with Crippen molar-refractivity contribution in [2.45, 2.75) is 37.8 Å². The highest BCUT2D eigenvalue weighted by Crippen LogP contribution is 2.32. The van der Waals surface area contributed by atoms with E-state index in [1.807, 2.05) is 18.3 Å². The zero-order valence-corrected chi connectivity index (χ0v) is 10.7. The lowest BCUT2D eigenvalue weighted by Gasteiger charge is -2.28. The van der Waals surface area contributed by atoms with Crippen LogP contribution in [0, 0.1) is 0 Å². The molecule has 0 bridgehead atoms. The summed E-state index contributed by atoms with van der Waals surface area (Å²) in [6, 6.07) is 7.43. The molecule has 0 saturated heterocycles. The Labute approximate surface area is 112 Å². The Bertz CT molecular complexity index is 565. The van der Waals surface area contributed by atoms with Gasteiger partial charge in [-0.25, -0.2) is 4.98 Å². The predicted octanol–water partition coefficient (Wildman–Crippen LogP) is 2.73. The lowest BCUT2D eigenvalue weighted by atomic mass is 9.92. The van der Waals surface area contributed by atoms with E-state index in [9.17, 15) is 10.2 Å². The number of imidazole rings is 1. The average molecular weight is 258 g/mol. The number of phenolic OH excluding ortho intramolecular Hbond substituents is 1. The molecule has 4 heteroatoms. The van der Waals surface area contributed by atoms with E-state index in [0.29, 0.717) is 6.04 Å². The monoisotopic (exact) mass is 258 g/mol. The third kappa shape index (κ3) is 2.49. The van der Waals surface area contributed by atoms with Crippen molar-refractivity contribution in [2.24, 2.45) is 0 Å². The van der Waals surface area contributed by atoms with Crippen LogP contribution in [0.4, 0.5) is 0 Å². The topological polar surface area (TPSA) is 58.3 Å². The van der Waals surface area contributed by atoms with Gasteiger partial charge in [0, 0.05) is 24.0 Å². The first-order chi connectivity index (χ1) is 9.24. The molecule has 0 radical (unpaired) electrons. The van der Waals surface area contributed by atoms with Crippen LogP contribution in [-0.2, 0) is 0 Å². The number of aromatic hydroxyl groups is 1. The molecule has 4 nitrogen and oxygen atoms in total. The van der Waals surface area contributed by atoms with Crippen molar-refractivity contribution in [3.63, 3.8) is 0 Å². The van der Waals surface area contributed by atoms with E-state index >= 15 is 0 Å². The fraction of sp³-hybridized carbons (Fsp3) is 0.400. The zero-order valence-electron chi connectivity index (χ0n) is 10.7. The molecule has 0 spiro atoms. The van der Waals surface area contributed by atoms with Gasteiger partial charge in [-0.3, -0.25) is 0 Å². The van der Waals surface area contributed by atoms with Gasteiger partial charge in [0.25, 0.3) is 0 Å². The molecule has 1 fully saturated rings. The summed E-state index contributed by atoms with van der Waals surface area (Å²) >= 11 is 0. The third-order valence-electron chi connectivity index (χ3n) is 3.79. The Balaban J connectivity index is 1.94. The number of phenols is 1. The van der Waals surface area contributed by atoms with Crippen LogP contribution in [-0.4, -0.2) is 25.9 Å². The predicted molar refractivity (Wildman–Crippen MR) is 72.8 cm³/mol. The van der Waals surface area contributed by atoms with Crippen LogP contribution in [0.5, 0.6) is 5.75 Å². The molecule has 1 aliphatic carbocycles. The van der Waals surface area contributed by atoms with Crippen LogP contribution < -0.4 is 0 Å². The molecular weight excluding hydrogens is 240 g/mol. The summed E-state index contributed by atoms with van der Waals surface area (Å²) in [6.45, 7) is 0. The first kappa shape index (κ1) is 12.2. The number of nitrogens with zero attached hydrogens (tertiary/aromatic N) is 2. The summed E-state index contributed by atoms with van der Waals surface area (Å²) in [5.74, 6) is 1.10. The van der Waals surface area contributed by atoms with Gasteiger partial charge in [0.05, 0.1) is 6.10 Å². The highest BCUT2D eigenvalue weighted by Gasteiger charge is 2.23. The van der Waals surface area contributed by atoms with Crippen molar-refractivity contribution in [2.75, 3.05) is 0 Å². The van der Waals surface area contributed by atoms with E-state index in [2.05, 4.69) is 9.55 Å². The zero-order chi connectivity index (χ0) is 13.2. The van der Waals surface area contributed by atoms with Crippen LogP contribution in [0.25, 0.3) is 11.4 Å². The normalized spacial score (nSPS) is 23.4.